The van der Waals surface area contributed by atoms with Gasteiger partial charge in [-0.2, -0.15) is 0 Å². The lowest BCUT2D eigenvalue weighted by molar-refractivity contribution is 0.102. The standard InChI is InChI=1S/C19H15Cl2N5O2S/c1-28-13-8-11(18(27)25-19-23-6-7-29-19)14(20)16(15(13)21)26-9-24-17(22)10-4-2-3-5-12(10)26/h2-8H,9H2,1H3,(H2,22,24)(H,23,25,27). The number of ether oxygens (including phenoxy) is 1. The van der Waals surface area contributed by atoms with Crippen LogP contribution in [0.4, 0.5) is 16.5 Å². The third-order valence-corrected chi connectivity index (χ3v) is 5.82. The number of hydrogen-bond donors (Lipinski definition) is 2. The second-order valence-electron chi connectivity index (χ2n) is 6.02. The molecule has 0 unspecified atom stereocenters. The van der Waals surface area contributed by atoms with Crippen LogP contribution in [-0.4, -0.2) is 30.5 Å². The van der Waals surface area contributed by atoms with E-state index in [0.717, 1.165) is 11.3 Å². The van der Waals surface area contributed by atoms with Crippen molar-refractivity contribution in [1.29, 1.82) is 0 Å². The van der Waals surface area contributed by atoms with E-state index in [2.05, 4.69) is 15.3 Å². The lowest BCUT2D eigenvalue weighted by Gasteiger charge is -2.31. The van der Waals surface area contributed by atoms with Crippen molar-refractivity contribution in [2.24, 2.45) is 10.7 Å². The molecule has 0 atom stereocenters. The number of nitrogens with zero attached hydrogens (tertiary/aromatic N) is 3. The average Bonchev–Trinajstić information content (AvgIpc) is 3.23. The third kappa shape index (κ3) is 3.50. The van der Waals surface area contributed by atoms with Crippen LogP contribution in [0.15, 0.2) is 46.9 Å². The number of fused-ring (bicyclic) bond motifs is 1. The van der Waals surface area contributed by atoms with Crippen LogP contribution < -0.4 is 20.7 Å². The minimum atomic E-state index is -0.422. The smallest absolute Gasteiger partial charge is 0.259 e. The largest absolute Gasteiger partial charge is 0.495 e. The van der Waals surface area contributed by atoms with Crippen molar-refractivity contribution in [2.45, 2.75) is 0 Å². The summed E-state index contributed by atoms with van der Waals surface area (Å²) in [4.78, 5) is 23.1. The molecule has 29 heavy (non-hydrogen) atoms. The average molecular weight is 448 g/mol. The molecule has 7 nitrogen and oxygen atoms in total. The molecule has 10 heteroatoms. The van der Waals surface area contributed by atoms with E-state index in [1.165, 1.54) is 24.5 Å². The fourth-order valence-electron chi connectivity index (χ4n) is 3.02. The molecule has 4 rings (SSSR count). The van der Waals surface area contributed by atoms with Gasteiger partial charge in [0, 0.05) is 17.1 Å². The van der Waals surface area contributed by atoms with Crippen LogP contribution in [0.5, 0.6) is 5.75 Å². The number of aliphatic imine (C=N–C) groups is 1. The second kappa shape index (κ2) is 7.90. The van der Waals surface area contributed by atoms with Gasteiger partial charge in [-0.3, -0.25) is 10.1 Å². The van der Waals surface area contributed by atoms with Gasteiger partial charge < -0.3 is 15.4 Å². The number of amides is 1. The summed E-state index contributed by atoms with van der Waals surface area (Å²) in [5, 5.41) is 5.40. The van der Waals surface area contributed by atoms with Crippen molar-refractivity contribution < 1.29 is 9.53 Å². The fraction of sp³-hybridized carbons (Fsp3) is 0.105. The molecule has 2 heterocycles. The first-order valence-corrected chi connectivity index (χ1v) is 10.1. The molecule has 1 aliphatic heterocycles. The topological polar surface area (TPSA) is 92.8 Å². The summed E-state index contributed by atoms with van der Waals surface area (Å²) in [7, 11) is 1.47. The van der Waals surface area contributed by atoms with Crippen molar-refractivity contribution in [1.82, 2.24) is 4.98 Å². The molecule has 1 aromatic heterocycles. The maximum absolute atomic E-state index is 12.9. The quantitative estimate of drug-likeness (QED) is 0.612. The third-order valence-electron chi connectivity index (χ3n) is 4.38. The van der Waals surface area contributed by atoms with E-state index in [9.17, 15) is 4.79 Å². The summed E-state index contributed by atoms with van der Waals surface area (Å²) >= 11 is 14.6. The summed E-state index contributed by atoms with van der Waals surface area (Å²) in [5.41, 5.74) is 8.19. The molecule has 0 spiro atoms. The number of carbonyl (C=O) groups excluding carboxylic acids is 1. The van der Waals surface area contributed by atoms with Gasteiger partial charge in [0.25, 0.3) is 5.91 Å². The van der Waals surface area contributed by atoms with E-state index >= 15 is 0 Å². The highest BCUT2D eigenvalue weighted by Gasteiger charge is 2.28. The number of nitrogens with one attached hydrogen (secondary N) is 1. The van der Waals surface area contributed by atoms with Gasteiger partial charge in [0.15, 0.2) is 5.13 Å². The Labute approximate surface area is 180 Å². The van der Waals surface area contributed by atoms with E-state index in [4.69, 9.17) is 33.7 Å². The van der Waals surface area contributed by atoms with Crippen molar-refractivity contribution in [2.75, 3.05) is 24.0 Å². The SMILES string of the molecule is COc1cc(C(=O)Nc2nccs2)c(Cl)c(N2CN=C(N)c3ccccc32)c1Cl. The Morgan fingerprint density at radius 1 is 1.31 bits per heavy atom. The Bertz CT molecular complexity index is 1120. The monoisotopic (exact) mass is 447 g/mol. The molecule has 2 aromatic carbocycles. The normalized spacial score (nSPS) is 12.9. The van der Waals surface area contributed by atoms with Crippen molar-refractivity contribution >= 4 is 62.8 Å². The Balaban J connectivity index is 1.85. The van der Waals surface area contributed by atoms with Crippen LogP contribution in [0.2, 0.25) is 10.0 Å². The molecule has 0 saturated heterocycles. The number of aromatic nitrogens is 1. The molecule has 1 aliphatic rings. The van der Waals surface area contributed by atoms with Gasteiger partial charge in [0.05, 0.1) is 29.1 Å². The summed E-state index contributed by atoms with van der Waals surface area (Å²) in [6.07, 6.45) is 1.60. The Kier molecular flexibility index (Phi) is 5.31. The van der Waals surface area contributed by atoms with Crippen molar-refractivity contribution in [3.05, 3.63) is 63.1 Å². The van der Waals surface area contributed by atoms with Crippen molar-refractivity contribution in [3.8, 4) is 5.75 Å². The molecule has 0 bridgehead atoms. The van der Waals surface area contributed by atoms with E-state index < -0.39 is 5.91 Å². The number of halogens is 2. The van der Waals surface area contributed by atoms with Crippen LogP contribution in [0, 0.1) is 0 Å². The van der Waals surface area contributed by atoms with E-state index in [-0.39, 0.29) is 22.3 Å². The number of carbonyl (C=O) groups is 1. The zero-order valence-electron chi connectivity index (χ0n) is 15.1. The summed E-state index contributed by atoms with van der Waals surface area (Å²) in [6.45, 7) is 0.197. The van der Waals surface area contributed by atoms with Crippen molar-refractivity contribution in [3.63, 3.8) is 0 Å². The summed E-state index contributed by atoms with van der Waals surface area (Å²) < 4.78 is 5.40. The Morgan fingerprint density at radius 2 is 2.10 bits per heavy atom. The minimum Gasteiger partial charge on any atom is -0.495 e. The van der Waals surface area contributed by atoms with E-state index in [0.29, 0.717) is 22.4 Å². The number of para-hydroxylation sites is 1. The summed E-state index contributed by atoms with van der Waals surface area (Å²) in [6, 6.07) is 9.00. The highest BCUT2D eigenvalue weighted by molar-refractivity contribution is 7.13. The highest BCUT2D eigenvalue weighted by Crippen LogP contribution is 2.46. The number of methoxy groups -OCH3 is 1. The number of benzene rings is 2. The lowest BCUT2D eigenvalue weighted by atomic mass is 10.1. The van der Waals surface area contributed by atoms with Gasteiger partial charge in [-0.1, -0.05) is 35.3 Å². The van der Waals surface area contributed by atoms with Crippen LogP contribution in [-0.2, 0) is 0 Å². The predicted octanol–water partition coefficient (Wildman–Crippen LogP) is 4.53. The van der Waals surface area contributed by atoms with Crippen LogP contribution in [0.1, 0.15) is 15.9 Å². The number of nitrogens with two attached hydrogens (primary N) is 1. The van der Waals surface area contributed by atoms with E-state index in [1.54, 1.807) is 16.5 Å². The molecule has 0 saturated carbocycles. The first-order chi connectivity index (χ1) is 14.0. The molecule has 148 valence electrons. The second-order valence-corrected chi connectivity index (χ2v) is 7.67. The van der Waals surface area contributed by atoms with E-state index in [1.807, 2.05) is 24.3 Å². The van der Waals surface area contributed by atoms with Crippen LogP contribution >= 0.6 is 34.5 Å². The highest BCUT2D eigenvalue weighted by atomic mass is 35.5. The number of thiazole rings is 1. The first-order valence-electron chi connectivity index (χ1n) is 8.45. The lowest BCUT2D eigenvalue weighted by Crippen LogP contribution is -2.30. The number of anilines is 3. The zero-order chi connectivity index (χ0) is 20.5. The molecule has 3 N–H and O–H groups in total. The molecule has 0 radical (unpaired) electrons. The number of amidine groups is 1. The maximum Gasteiger partial charge on any atom is 0.259 e. The number of hydrogen-bond acceptors (Lipinski definition) is 7. The summed E-state index contributed by atoms with van der Waals surface area (Å²) in [5.74, 6) is 0.318. The van der Waals surface area contributed by atoms with Gasteiger partial charge in [-0.05, 0) is 18.2 Å². The van der Waals surface area contributed by atoms with Crippen LogP contribution in [0.3, 0.4) is 0 Å². The minimum absolute atomic E-state index is 0.176. The van der Waals surface area contributed by atoms with Gasteiger partial charge in [-0.15, -0.1) is 11.3 Å². The van der Waals surface area contributed by atoms with Gasteiger partial charge >= 0.3 is 0 Å². The first kappa shape index (κ1) is 19.5. The molecule has 0 aliphatic carbocycles. The Hall–Kier alpha value is -2.81. The number of rotatable bonds is 4. The Morgan fingerprint density at radius 3 is 2.83 bits per heavy atom. The maximum atomic E-state index is 12.9. The predicted molar refractivity (Wildman–Crippen MR) is 117 cm³/mol. The van der Waals surface area contributed by atoms with Crippen LogP contribution in [0.25, 0.3) is 0 Å². The zero-order valence-corrected chi connectivity index (χ0v) is 17.5. The van der Waals surface area contributed by atoms with Gasteiger partial charge in [0.1, 0.15) is 23.3 Å². The van der Waals surface area contributed by atoms with Gasteiger partial charge in [0.2, 0.25) is 0 Å². The molecular formula is C19H15Cl2N5O2S. The van der Waals surface area contributed by atoms with Gasteiger partial charge in [-0.25, -0.2) is 9.98 Å². The fourth-order valence-corrected chi connectivity index (χ4v) is 4.26. The molecule has 3 aromatic rings. The molecule has 0 fully saturated rings. The molecular weight excluding hydrogens is 433 g/mol. The molecule has 1 amide bonds.